The fourth-order valence-electron chi connectivity index (χ4n) is 2.29. The zero-order chi connectivity index (χ0) is 13.0. The molecule has 1 aromatic rings. The van der Waals surface area contributed by atoms with Crippen LogP contribution in [0.25, 0.3) is 0 Å². The molecule has 1 amide bonds. The minimum absolute atomic E-state index is 0.137. The van der Waals surface area contributed by atoms with E-state index in [1.807, 2.05) is 19.2 Å². The Kier molecular flexibility index (Phi) is 4.15. The zero-order valence-corrected chi connectivity index (χ0v) is 10.9. The lowest BCUT2D eigenvalue weighted by molar-refractivity contribution is 0.0958. The molecule has 0 saturated carbocycles. The van der Waals surface area contributed by atoms with Crippen LogP contribution in [0.5, 0.6) is 0 Å². The summed E-state index contributed by atoms with van der Waals surface area (Å²) >= 11 is 0. The van der Waals surface area contributed by atoms with Gasteiger partial charge in [0.2, 0.25) is 0 Å². The minimum Gasteiger partial charge on any atom is -0.371 e. The van der Waals surface area contributed by atoms with Gasteiger partial charge >= 0.3 is 0 Å². The van der Waals surface area contributed by atoms with E-state index in [2.05, 4.69) is 20.5 Å². The third-order valence-electron chi connectivity index (χ3n) is 3.47. The van der Waals surface area contributed by atoms with Gasteiger partial charge in [0.1, 0.15) is 5.69 Å². The van der Waals surface area contributed by atoms with Crippen molar-refractivity contribution in [2.45, 2.75) is 18.9 Å². The average Bonchev–Trinajstić information content (AvgIpc) is 2.46. The second-order valence-electron chi connectivity index (χ2n) is 4.53. The highest BCUT2D eigenvalue weighted by Crippen LogP contribution is 2.20. The molecule has 1 aromatic heterocycles. The van der Waals surface area contributed by atoms with Crippen LogP contribution < -0.4 is 15.5 Å². The predicted molar refractivity (Wildman–Crippen MR) is 71.9 cm³/mol. The molecule has 2 rings (SSSR count). The van der Waals surface area contributed by atoms with Crippen LogP contribution in [0, 0.1) is 0 Å². The number of rotatable bonds is 3. The quantitative estimate of drug-likeness (QED) is 0.824. The van der Waals surface area contributed by atoms with Crippen LogP contribution in [0.4, 0.5) is 5.69 Å². The lowest BCUT2D eigenvalue weighted by Gasteiger charge is -2.33. The molecule has 1 aliphatic rings. The van der Waals surface area contributed by atoms with Gasteiger partial charge in [-0.1, -0.05) is 0 Å². The van der Waals surface area contributed by atoms with Crippen molar-refractivity contribution >= 4 is 11.6 Å². The summed E-state index contributed by atoms with van der Waals surface area (Å²) in [6.07, 6.45) is 3.96. The second kappa shape index (κ2) is 5.82. The zero-order valence-electron chi connectivity index (χ0n) is 10.9. The van der Waals surface area contributed by atoms with E-state index in [4.69, 9.17) is 0 Å². The van der Waals surface area contributed by atoms with Crippen molar-refractivity contribution in [2.75, 3.05) is 32.1 Å². The molecule has 0 radical (unpaired) electrons. The van der Waals surface area contributed by atoms with Crippen LogP contribution >= 0.6 is 0 Å². The van der Waals surface area contributed by atoms with Crippen molar-refractivity contribution in [3.63, 3.8) is 0 Å². The summed E-state index contributed by atoms with van der Waals surface area (Å²) in [7, 11) is 3.63. The van der Waals surface area contributed by atoms with Gasteiger partial charge in [-0.25, -0.2) is 0 Å². The van der Waals surface area contributed by atoms with Crippen LogP contribution in [-0.4, -0.2) is 44.1 Å². The van der Waals surface area contributed by atoms with E-state index in [9.17, 15) is 4.79 Å². The fourth-order valence-corrected chi connectivity index (χ4v) is 2.29. The van der Waals surface area contributed by atoms with Gasteiger partial charge in [0.05, 0.1) is 0 Å². The van der Waals surface area contributed by atoms with E-state index in [0.717, 1.165) is 31.6 Å². The van der Waals surface area contributed by atoms with Gasteiger partial charge in [-0.05, 0) is 32.0 Å². The first-order chi connectivity index (χ1) is 8.74. The number of aromatic nitrogens is 1. The summed E-state index contributed by atoms with van der Waals surface area (Å²) in [4.78, 5) is 17.9. The molecule has 0 spiro atoms. The van der Waals surface area contributed by atoms with E-state index in [0.29, 0.717) is 11.7 Å². The smallest absolute Gasteiger partial charge is 0.269 e. The molecule has 5 nitrogen and oxygen atoms in total. The summed E-state index contributed by atoms with van der Waals surface area (Å²) in [5, 5.41) is 5.91. The van der Waals surface area contributed by atoms with Crippen molar-refractivity contribution in [2.24, 2.45) is 0 Å². The fraction of sp³-hybridized carbons (Fsp3) is 0.538. The SMILES string of the molecule is CNC(=O)c1cc(N2CCC(NC)CC2)ccn1. The highest BCUT2D eigenvalue weighted by atomic mass is 16.1. The Hall–Kier alpha value is -1.62. The summed E-state index contributed by atoms with van der Waals surface area (Å²) in [5.41, 5.74) is 1.56. The molecule has 0 bridgehead atoms. The van der Waals surface area contributed by atoms with Gasteiger partial charge in [-0.2, -0.15) is 0 Å². The number of hydrogen-bond acceptors (Lipinski definition) is 4. The highest BCUT2D eigenvalue weighted by molar-refractivity contribution is 5.92. The van der Waals surface area contributed by atoms with Crippen LogP contribution in [0.1, 0.15) is 23.3 Å². The largest absolute Gasteiger partial charge is 0.371 e. The van der Waals surface area contributed by atoms with Gasteiger partial charge in [0, 0.05) is 38.1 Å². The molecule has 0 aromatic carbocycles. The maximum atomic E-state index is 11.5. The van der Waals surface area contributed by atoms with Crippen LogP contribution in [-0.2, 0) is 0 Å². The minimum atomic E-state index is -0.137. The van der Waals surface area contributed by atoms with Crippen molar-refractivity contribution in [3.8, 4) is 0 Å². The molecule has 2 heterocycles. The molecule has 1 fully saturated rings. The Morgan fingerprint density at radius 2 is 2.11 bits per heavy atom. The van der Waals surface area contributed by atoms with Gasteiger partial charge in [-0.15, -0.1) is 0 Å². The maximum Gasteiger partial charge on any atom is 0.269 e. The van der Waals surface area contributed by atoms with Gasteiger partial charge in [-0.3, -0.25) is 9.78 Å². The third-order valence-corrected chi connectivity index (χ3v) is 3.47. The molecule has 2 N–H and O–H groups in total. The van der Waals surface area contributed by atoms with Gasteiger partial charge in [0.15, 0.2) is 0 Å². The first-order valence-electron chi connectivity index (χ1n) is 6.35. The topological polar surface area (TPSA) is 57.3 Å². The summed E-state index contributed by atoms with van der Waals surface area (Å²) < 4.78 is 0. The molecular weight excluding hydrogens is 228 g/mol. The number of nitrogens with zero attached hydrogens (tertiary/aromatic N) is 2. The molecule has 5 heteroatoms. The second-order valence-corrected chi connectivity index (χ2v) is 4.53. The first kappa shape index (κ1) is 12.8. The molecular formula is C13H20N4O. The monoisotopic (exact) mass is 248 g/mol. The Morgan fingerprint density at radius 1 is 1.39 bits per heavy atom. The number of carbonyl (C=O) groups excluding carboxylic acids is 1. The van der Waals surface area contributed by atoms with Crippen LogP contribution in [0.2, 0.25) is 0 Å². The van der Waals surface area contributed by atoms with Crippen LogP contribution in [0.15, 0.2) is 18.3 Å². The Morgan fingerprint density at radius 3 is 2.72 bits per heavy atom. The third kappa shape index (κ3) is 2.79. The number of nitrogens with one attached hydrogen (secondary N) is 2. The van der Waals surface area contributed by atoms with Crippen molar-refractivity contribution < 1.29 is 4.79 Å². The molecule has 98 valence electrons. The Balaban J connectivity index is 2.07. The summed E-state index contributed by atoms with van der Waals surface area (Å²) in [5.74, 6) is -0.137. The lowest BCUT2D eigenvalue weighted by Crippen LogP contribution is -2.41. The van der Waals surface area contributed by atoms with Crippen molar-refractivity contribution in [3.05, 3.63) is 24.0 Å². The number of piperidine rings is 1. The Labute approximate surface area is 108 Å². The molecule has 0 unspecified atom stereocenters. The lowest BCUT2D eigenvalue weighted by atomic mass is 10.0. The average molecular weight is 248 g/mol. The molecule has 18 heavy (non-hydrogen) atoms. The highest BCUT2D eigenvalue weighted by Gasteiger charge is 2.18. The molecule has 1 aliphatic heterocycles. The molecule has 1 saturated heterocycles. The standard InChI is InChI=1S/C13H20N4O/c1-14-10-4-7-17(8-5-10)11-3-6-16-12(9-11)13(18)15-2/h3,6,9-10,14H,4-5,7-8H2,1-2H3,(H,15,18). The van der Waals surface area contributed by atoms with Crippen molar-refractivity contribution in [1.29, 1.82) is 0 Å². The molecule has 0 atom stereocenters. The molecule has 0 aliphatic carbocycles. The first-order valence-corrected chi connectivity index (χ1v) is 6.35. The maximum absolute atomic E-state index is 11.5. The predicted octanol–water partition coefficient (Wildman–Crippen LogP) is 0.629. The van der Waals surface area contributed by atoms with E-state index in [1.54, 1.807) is 13.2 Å². The van der Waals surface area contributed by atoms with Gasteiger partial charge in [0.25, 0.3) is 5.91 Å². The van der Waals surface area contributed by atoms with Crippen molar-refractivity contribution in [1.82, 2.24) is 15.6 Å². The summed E-state index contributed by atoms with van der Waals surface area (Å²) in [6.45, 7) is 2.03. The number of amides is 1. The van der Waals surface area contributed by atoms with E-state index in [-0.39, 0.29) is 5.91 Å². The van der Waals surface area contributed by atoms with E-state index >= 15 is 0 Å². The van der Waals surface area contributed by atoms with E-state index < -0.39 is 0 Å². The number of carbonyl (C=O) groups is 1. The Bertz CT molecular complexity index is 413. The van der Waals surface area contributed by atoms with Crippen LogP contribution in [0.3, 0.4) is 0 Å². The normalized spacial score (nSPS) is 16.7. The number of pyridine rings is 1. The number of anilines is 1. The van der Waals surface area contributed by atoms with E-state index in [1.165, 1.54) is 0 Å². The number of hydrogen-bond donors (Lipinski definition) is 2. The summed E-state index contributed by atoms with van der Waals surface area (Å²) in [6, 6.07) is 4.44. The van der Waals surface area contributed by atoms with Gasteiger partial charge < -0.3 is 15.5 Å².